The van der Waals surface area contributed by atoms with E-state index in [2.05, 4.69) is 10.4 Å². The van der Waals surface area contributed by atoms with Gasteiger partial charge in [-0.2, -0.15) is 5.10 Å². The van der Waals surface area contributed by atoms with Gasteiger partial charge in [-0.05, 0) is 50.2 Å². The zero-order valence-corrected chi connectivity index (χ0v) is 18.3. The topological polar surface area (TPSA) is 116 Å². The maximum atomic E-state index is 13.3. The molecule has 1 unspecified atom stereocenters. The number of amides is 1. The predicted octanol–water partition coefficient (Wildman–Crippen LogP) is 4.63. The molecule has 2 aromatic heterocycles. The summed E-state index contributed by atoms with van der Waals surface area (Å²) in [5, 5.41) is 18.7. The molecule has 1 amide bonds. The number of thiophene rings is 1. The van der Waals surface area contributed by atoms with E-state index >= 15 is 0 Å². The minimum absolute atomic E-state index is 0.00674. The summed E-state index contributed by atoms with van der Waals surface area (Å²) in [5.41, 5.74) is 1.04. The van der Waals surface area contributed by atoms with E-state index in [4.69, 9.17) is 4.74 Å². The minimum atomic E-state index is -1.20. The molecule has 0 saturated heterocycles. The third-order valence-corrected chi connectivity index (χ3v) is 5.92. The van der Waals surface area contributed by atoms with Crippen molar-refractivity contribution in [3.05, 3.63) is 81.1 Å². The lowest BCUT2D eigenvalue weighted by Gasteiger charge is -2.13. The first-order chi connectivity index (χ1) is 15.7. The fraction of sp³-hybridized carbons (Fsp3) is 0.136. The standard InChI is InChI=1S/C22H17FN4O5S/c1-12-16-11-19(33-21(16)26(25-12)15-9-7-14(23)8-10-15)22(29)32-13(2)20(28)24-17-5-3-4-6-18(17)27(30)31/h3-11,13H,1-2H3,(H,24,28). The smallest absolute Gasteiger partial charge is 0.349 e. The molecule has 11 heteroatoms. The summed E-state index contributed by atoms with van der Waals surface area (Å²) in [6.07, 6.45) is -1.20. The zero-order chi connectivity index (χ0) is 23.7. The van der Waals surface area contributed by atoms with Crippen molar-refractivity contribution >= 4 is 44.8 Å². The molecule has 33 heavy (non-hydrogen) atoms. The Balaban J connectivity index is 1.52. The van der Waals surface area contributed by atoms with Gasteiger partial charge in [-0.3, -0.25) is 14.9 Å². The molecule has 2 heterocycles. The van der Waals surface area contributed by atoms with Gasteiger partial charge in [-0.15, -0.1) is 11.3 Å². The van der Waals surface area contributed by atoms with E-state index in [1.807, 2.05) is 0 Å². The molecule has 0 spiro atoms. The average Bonchev–Trinajstić information content (AvgIpc) is 3.35. The van der Waals surface area contributed by atoms with Crippen LogP contribution in [-0.2, 0) is 9.53 Å². The lowest BCUT2D eigenvalue weighted by Crippen LogP contribution is -2.30. The number of nitro groups is 1. The Labute approximate surface area is 190 Å². The van der Waals surface area contributed by atoms with E-state index in [1.54, 1.807) is 35.9 Å². The number of ether oxygens (including phenoxy) is 1. The monoisotopic (exact) mass is 468 g/mol. The second-order valence-electron chi connectivity index (χ2n) is 7.11. The maximum Gasteiger partial charge on any atom is 0.349 e. The van der Waals surface area contributed by atoms with Crippen LogP contribution in [0.15, 0.2) is 54.6 Å². The first-order valence-electron chi connectivity index (χ1n) is 9.75. The SMILES string of the molecule is Cc1nn(-c2ccc(F)cc2)c2sc(C(=O)OC(C)C(=O)Nc3ccccc3[N+](=O)[O-])cc12. The number of anilines is 1. The van der Waals surface area contributed by atoms with Crippen LogP contribution in [-0.4, -0.2) is 32.7 Å². The number of fused-ring (bicyclic) bond motifs is 1. The van der Waals surface area contributed by atoms with Gasteiger partial charge >= 0.3 is 5.97 Å². The Morgan fingerprint density at radius 3 is 2.61 bits per heavy atom. The molecule has 4 rings (SSSR count). The molecule has 9 nitrogen and oxygen atoms in total. The second kappa shape index (κ2) is 8.79. The van der Waals surface area contributed by atoms with E-state index in [0.717, 1.165) is 16.7 Å². The van der Waals surface area contributed by atoms with E-state index in [-0.39, 0.29) is 22.1 Å². The van der Waals surface area contributed by atoms with Crippen molar-refractivity contribution in [3.63, 3.8) is 0 Å². The Hall–Kier alpha value is -4.12. The lowest BCUT2D eigenvalue weighted by atomic mass is 10.2. The number of esters is 1. The van der Waals surface area contributed by atoms with Crippen LogP contribution < -0.4 is 5.32 Å². The van der Waals surface area contributed by atoms with E-state index in [9.17, 15) is 24.1 Å². The maximum absolute atomic E-state index is 13.3. The first-order valence-corrected chi connectivity index (χ1v) is 10.6. The van der Waals surface area contributed by atoms with Crippen molar-refractivity contribution in [1.29, 1.82) is 0 Å². The first kappa shape index (κ1) is 22.1. The van der Waals surface area contributed by atoms with Gasteiger partial charge in [0.25, 0.3) is 11.6 Å². The molecule has 4 aromatic rings. The molecular weight excluding hydrogens is 451 g/mol. The number of nitrogens with one attached hydrogen (secondary N) is 1. The summed E-state index contributed by atoms with van der Waals surface area (Å²) in [5.74, 6) is -1.79. The fourth-order valence-corrected chi connectivity index (χ4v) is 4.22. The van der Waals surface area contributed by atoms with Gasteiger partial charge in [0.05, 0.1) is 16.3 Å². The number of hydrogen-bond donors (Lipinski definition) is 1. The summed E-state index contributed by atoms with van der Waals surface area (Å²) < 4.78 is 20.2. The molecule has 0 radical (unpaired) electrons. The van der Waals surface area contributed by atoms with Crippen LogP contribution >= 0.6 is 11.3 Å². The van der Waals surface area contributed by atoms with Crippen LogP contribution in [0.25, 0.3) is 15.9 Å². The number of carbonyl (C=O) groups is 2. The van der Waals surface area contributed by atoms with Crippen molar-refractivity contribution in [3.8, 4) is 5.69 Å². The van der Waals surface area contributed by atoms with Gasteiger partial charge in [-0.25, -0.2) is 13.9 Å². The molecule has 0 bridgehead atoms. The van der Waals surface area contributed by atoms with Gasteiger partial charge in [0.1, 0.15) is 21.2 Å². The average molecular weight is 468 g/mol. The third-order valence-electron chi connectivity index (χ3n) is 4.83. The van der Waals surface area contributed by atoms with Crippen LogP contribution in [0.1, 0.15) is 22.3 Å². The molecule has 0 fully saturated rings. The number of rotatable bonds is 6. The molecule has 0 aliphatic rings. The minimum Gasteiger partial charge on any atom is -0.448 e. The van der Waals surface area contributed by atoms with Crippen LogP contribution in [0.3, 0.4) is 0 Å². The molecule has 0 aliphatic heterocycles. The number of hydrogen-bond acceptors (Lipinski definition) is 7. The summed E-state index contributed by atoms with van der Waals surface area (Å²) in [6, 6.07) is 13.1. The number of nitrogens with zero attached hydrogens (tertiary/aromatic N) is 3. The fourth-order valence-electron chi connectivity index (χ4n) is 3.15. The van der Waals surface area contributed by atoms with Crippen molar-refractivity contribution in [2.75, 3.05) is 5.32 Å². The number of aryl methyl sites for hydroxylation is 1. The number of benzene rings is 2. The second-order valence-corrected chi connectivity index (χ2v) is 8.14. The molecule has 0 aliphatic carbocycles. The molecule has 1 N–H and O–H groups in total. The highest BCUT2D eigenvalue weighted by Crippen LogP contribution is 2.31. The van der Waals surface area contributed by atoms with Gasteiger partial charge in [0, 0.05) is 11.5 Å². The largest absolute Gasteiger partial charge is 0.448 e. The van der Waals surface area contributed by atoms with Crippen LogP contribution in [0.5, 0.6) is 0 Å². The van der Waals surface area contributed by atoms with E-state index in [1.165, 1.54) is 37.3 Å². The predicted molar refractivity (Wildman–Crippen MR) is 120 cm³/mol. The normalized spacial score (nSPS) is 11.8. The Morgan fingerprint density at radius 2 is 1.91 bits per heavy atom. The summed E-state index contributed by atoms with van der Waals surface area (Å²) in [6.45, 7) is 3.16. The third kappa shape index (κ3) is 4.44. The van der Waals surface area contributed by atoms with Crippen molar-refractivity contribution in [2.24, 2.45) is 0 Å². The number of para-hydroxylation sites is 2. The molecule has 1 atom stereocenters. The van der Waals surface area contributed by atoms with Crippen LogP contribution in [0, 0.1) is 22.9 Å². The highest BCUT2D eigenvalue weighted by molar-refractivity contribution is 7.20. The van der Waals surface area contributed by atoms with E-state index < -0.39 is 22.9 Å². The van der Waals surface area contributed by atoms with Gasteiger partial charge in [0.2, 0.25) is 0 Å². The Morgan fingerprint density at radius 1 is 1.21 bits per heavy atom. The number of aromatic nitrogens is 2. The summed E-state index contributed by atoms with van der Waals surface area (Å²) in [7, 11) is 0. The van der Waals surface area contributed by atoms with Gasteiger partial charge in [0.15, 0.2) is 6.10 Å². The molecule has 0 saturated carbocycles. The highest BCUT2D eigenvalue weighted by atomic mass is 32.1. The highest BCUT2D eigenvalue weighted by Gasteiger charge is 2.24. The number of carbonyl (C=O) groups excluding carboxylic acids is 2. The van der Waals surface area contributed by atoms with Crippen molar-refractivity contribution < 1.29 is 23.6 Å². The molecular formula is C22H17FN4O5S. The molecule has 168 valence electrons. The summed E-state index contributed by atoms with van der Waals surface area (Å²) in [4.78, 5) is 36.5. The van der Waals surface area contributed by atoms with Crippen LogP contribution in [0.2, 0.25) is 0 Å². The van der Waals surface area contributed by atoms with E-state index in [0.29, 0.717) is 16.2 Å². The lowest BCUT2D eigenvalue weighted by molar-refractivity contribution is -0.383. The van der Waals surface area contributed by atoms with Gasteiger partial charge in [-0.1, -0.05) is 12.1 Å². The zero-order valence-electron chi connectivity index (χ0n) is 17.4. The Bertz CT molecular complexity index is 1380. The summed E-state index contributed by atoms with van der Waals surface area (Å²) >= 11 is 1.13. The van der Waals surface area contributed by atoms with Crippen molar-refractivity contribution in [1.82, 2.24) is 9.78 Å². The molecule has 2 aromatic carbocycles. The van der Waals surface area contributed by atoms with Crippen LogP contribution in [0.4, 0.5) is 15.8 Å². The Kier molecular flexibility index (Phi) is 5.88. The number of nitro benzene ring substituents is 1. The van der Waals surface area contributed by atoms with Gasteiger partial charge < -0.3 is 10.1 Å². The number of halogens is 1. The van der Waals surface area contributed by atoms with Crippen molar-refractivity contribution in [2.45, 2.75) is 20.0 Å². The quantitative estimate of drug-likeness (QED) is 0.251.